The number of carboxylic acids is 1. The zero-order valence-electron chi connectivity index (χ0n) is 15.2. The summed E-state index contributed by atoms with van der Waals surface area (Å²) in [5.41, 5.74) is 5.96. The first kappa shape index (κ1) is 22.3. The number of hydrogen-bond acceptors (Lipinski definition) is 6. The fraction of sp³-hybridized carbons (Fsp3) is 0.211. The molecule has 8 nitrogen and oxygen atoms in total. The second-order valence-electron chi connectivity index (χ2n) is 6.00. The summed E-state index contributed by atoms with van der Waals surface area (Å²) in [6, 6.07) is 8.17. The molecule has 1 aromatic carbocycles. The number of benzene rings is 1. The minimum Gasteiger partial charge on any atom is -0.480 e. The smallest absolute Gasteiger partial charge is 0.326 e. The van der Waals surface area contributed by atoms with E-state index >= 15 is 0 Å². The van der Waals surface area contributed by atoms with E-state index in [1.54, 1.807) is 12.2 Å². The van der Waals surface area contributed by atoms with E-state index < -0.39 is 30.2 Å². The van der Waals surface area contributed by atoms with Crippen LogP contribution in [0.1, 0.15) is 18.4 Å². The highest BCUT2D eigenvalue weighted by molar-refractivity contribution is 8.26. The van der Waals surface area contributed by atoms with E-state index in [1.165, 1.54) is 4.90 Å². The number of carboxylic acid groups (broad SMARTS) is 1. The van der Waals surface area contributed by atoms with Gasteiger partial charge in [0, 0.05) is 13.0 Å². The molecule has 0 saturated carbocycles. The zero-order valence-corrected chi connectivity index (χ0v) is 16.9. The number of carbonyl (C=O) groups is 4. The predicted octanol–water partition coefficient (Wildman–Crippen LogP) is 1.28. The van der Waals surface area contributed by atoms with Crippen molar-refractivity contribution in [2.24, 2.45) is 5.73 Å². The highest BCUT2D eigenvalue weighted by Crippen LogP contribution is 2.31. The molecule has 0 aromatic heterocycles. The normalized spacial score (nSPS) is 16.4. The van der Waals surface area contributed by atoms with Crippen LogP contribution in [0.2, 0.25) is 0 Å². The van der Waals surface area contributed by atoms with Crippen molar-refractivity contribution in [3.05, 3.63) is 53.0 Å². The number of nitrogens with zero attached hydrogens (tertiary/aromatic N) is 1. The zero-order chi connectivity index (χ0) is 21.4. The SMILES string of the molecule is NC(=O)CC(NC(=O)CCN1C(=O)C(=CC=Cc2ccccc2)SC1=S)C(=O)O. The lowest BCUT2D eigenvalue weighted by molar-refractivity contribution is -0.143. The molecule has 3 amide bonds. The van der Waals surface area contributed by atoms with Gasteiger partial charge in [0.05, 0.1) is 11.3 Å². The van der Waals surface area contributed by atoms with Gasteiger partial charge in [-0.3, -0.25) is 19.3 Å². The number of nitrogens with two attached hydrogens (primary N) is 1. The molecule has 1 unspecified atom stereocenters. The molecule has 0 spiro atoms. The topological polar surface area (TPSA) is 130 Å². The summed E-state index contributed by atoms with van der Waals surface area (Å²) in [7, 11) is 0. The Labute approximate surface area is 176 Å². The number of amides is 3. The van der Waals surface area contributed by atoms with E-state index in [9.17, 15) is 19.2 Å². The molecule has 0 bridgehead atoms. The monoisotopic (exact) mass is 433 g/mol. The van der Waals surface area contributed by atoms with Gasteiger partial charge in [0.1, 0.15) is 10.4 Å². The first-order valence-electron chi connectivity index (χ1n) is 8.55. The standard InChI is InChI=1S/C19H19N3O5S2/c20-15(23)11-13(18(26)27)21-16(24)9-10-22-17(25)14(29-19(22)28)8-4-7-12-5-2-1-3-6-12/h1-8,13H,9-11H2,(H2,20,23)(H,21,24)(H,26,27). The van der Waals surface area contributed by atoms with Crippen molar-refractivity contribution in [2.45, 2.75) is 18.9 Å². The summed E-state index contributed by atoms with van der Waals surface area (Å²) < 4.78 is 0.314. The summed E-state index contributed by atoms with van der Waals surface area (Å²) >= 11 is 6.32. The third-order valence-electron chi connectivity index (χ3n) is 3.81. The molecular weight excluding hydrogens is 414 g/mol. The van der Waals surface area contributed by atoms with Crippen molar-refractivity contribution >= 4 is 58.1 Å². The fourth-order valence-electron chi connectivity index (χ4n) is 2.40. The van der Waals surface area contributed by atoms with Crippen LogP contribution in [0.5, 0.6) is 0 Å². The second-order valence-corrected chi connectivity index (χ2v) is 7.68. The third-order valence-corrected chi connectivity index (χ3v) is 5.21. The van der Waals surface area contributed by atoms with E-state index in [2.05, 4.69) is 5.32 Å². The third kappa shape index (κ3) is 6.84. The first-order valence-corrected chi connectivity index (χ1v) is 9.78. The molecule has 1 aromatic rings. The van der Waals surface area contributed by atoms with Gasteiger partial charge in [-0.2, -0.15) is 0 Å². The molecule has 0 aliphatic carbocycles. The Morgan fingerprint density at radius 2 is 1.97 bits per heavy atom. The quantitative estimate of drug-likeness (QED) is 0.395. The molecule has 4 N–H and O–H groups in total. The van der Waals surface area contributed by atoms with Crippen molar-refractivity contribution in [1.82, 2.24) is 10.2 Å². The number of primary amides is 1. The molecule has 1 heterocycles. The Morgan fingerprint density at radius 1 is 1.28 bits per heavy atom. The second kappa shape index (κ2) is 10.5. The van der Waals surface area contributed by atoms with Crippen LogP contribution >= 0.6 is 24.0 Å². The number of allylic oxidation sites excluding steroid dienone is 2. The minimum atomic E-state index is -1.41. The van der Waals surface area contributed by atoms with Gasteiger partial charge in [-0.05, 0) is 11.6 Å². The summed E-state index contributed by atoms with van der Waals surface area (Å²) in [5.74, 6) is -3.16. The lowest BCUT2D eigenvalue weighted by Gasteiger charge is -2.16. The molecule has 2 rings (SSSR count). The number of hydrogen-bond donors (Lipinski definition) is 3. The maximum absolute atomic E-state index is 12.5. The highest BCUT2D eigenvalue weighted by atomic mass is 32.2. The van der Waals surface area contributed by atoms with Gasteiger partial charge in [0.15, 0.2) is 0 Å². The number of thioether (sulfide) groups is 1. The summed E-state index contributed by atoms with van der Waals surface area (Å²) in [4.78, 5) is 48.1. The number of rotatable bonds is 9. The molecule has 0 radical (unpaired) electrons. The molecule has 152 valence electrons. The van der Waals surface area contributed by atoms with Crippen molar-refractivity contribution in [2.75, 3.05) is 6.54 Å². The van der Waals surface area contributed by atoms with E-state index in [4.69, 9.17) is 23.1 Å². The van der Waals surface area contributed by atoms with Crippen LogP contribution in [0.15, 0.2) is 47.4 Å². The van der Waals surface area contributed by atoms with Gasteiger partial charge in [-0.25, -0.2) is 4.79 Å². The first-order chi connectivity index (χ1) is 13.8. The predicted molar refractivity (Wildman–Crippen MR) is 113 cm³/mol. The van der Waals surface area contributed by atoms with Gasteiger partial charge in [-0.15, -0.1) is 0 Å². The molecule has 1 aliphatic rings. The van der Waals surface area contributed by atoms with Crippen LogP contribution < -0.4 is 11.1 Å². The number of nitrogens with one attached hydrogen (secondary N) is 1. The van der Waals surface area contributed by atoms with Crippen LogP contribution in [0.4, 0.5) is 0 Å². The molecule has 29 heavy (non-hydrogen) atoms. The minimum absolute atomic E-state index is 0.000843. The molecule has 1 fully saturated rings. The molecule has 1 atom stereocenters. The summed E-state index contributed by atoms with van der Waals surface area (Å²) in [5, 5.41) is 11.2. The summed E-state index contributed by atoms with van der Waals surface area (Å²) in [6.45, 7) is -0.000843. The Hall–Kier alpha value is -2.98. The van der Waals surface area contributed by atoms with Crippen molar-refractivity contribution in [1.29, 1.82) is 0 Å². The maximum Gasteiger partial charge on any atom is 0.326 e. The Balaban J connectivity index is 1.92. The Kier molecular flexibility index (Phi) is 8.10. The van der Waals surface area contributed by atoms with E-state index in [0.717, 1.165) is 17.3 Å². The number of aliphatic carboxylic acids is 1. The molecule has 1 aliphatic heterocycles. The lowest BCUT2D eigenvalue weighted by Crippen LogP contribution is -2.44. The lowest BCUT2D eigenvalue weighted by atomic mass is 10.2. The average Bonchev–Trinajstić information content (AvgIpc) is 2.93. The maximum atomic E-state index is 12.5. The molecular formula is C19H19N3O5S2. The van der Waals surface area contributed by atoms with E-state index in [1.807, 2.05) is 36.4 Å². The van der Waals surface area contributed by atoms with Crippen molar-refractivity contribution in [3.63, 3.8) is 0 Å². The van der Waals surface area contributed by atoms with E-state index in [-0.39, 0.29) is 18.9 Å². The van der Waals surface area contributed by atoms with Gasteiger partial charge < -0.3 is 16.2 Å². The van der Waals surface area contributed by atoms with Gasteiger partial charge in [0.2, 0.25) is 11.8 Å². The van der Waals surface area contributed by atoms with Crippen molar-refractivity contribution < 1.29 is 24.3 Å². The largest absolute Gasteiger partial charge is 0.480 e. The van der Waals surface area contributed by atoms with Crippen LogP contribution in [0.25, 0.3) is 6.08 Å². The Bertz CT molecular complexity index is 883. The number of carbonyl (C=O) groups excluding carboxylic acids is 3. The molecule has 10 heteroatoms. The van der Waals surface area contributed by atoms with Crippen molar-refractivity contribution in [3.8, 4) is 0 Å². The Morgan fingerprint density at radius 3 is 2.59 bits per heavy atom. The van der Waals surface area contributed by atoms with Gasteiger partial charge >= 0.3 is 5.97 Å². The van der Waals surface area contributed by atoms with E-state index in [0.29, 0.717) is 9.23 Å². The van der Waals surface area contributed by atoms with Crippen LogP contribution in [-0.2, 0) is 19.2 Å². The van der Waals surface area contributed by atoms with Gasteiger partial charge in [-0.1, -0.05) is 66.5 Å². The fourth-order valence-corrected chi connectivity index (χ4v) is 3.66. The highest BCUT2D eigenvalue weighted by Gasteiger charge is 2.32. The van der Waals surface area contributed by atoms with Crippen LogP contribution in [-0.4, -0.2) is 50.6 Å². The average molecular weight is 434 g/mol. The van der Waals surface area contributed by atoms with Crippen LogP contribution in [0, 0.1) is 0 Å². The molecule has 1 saturated heterocycles. The number of thiocarbonyl (C=S) groups is 1. The van der Waals surface area contributed by atoms with Gasteiger partial charge in [0.25, 0.3) is 5.91 Å². The summed E-state index contributed by atoms with van der Waals surface area (Å²) in [6.07, 6.45) is 4.57. The van der Waals surface area contributed by atoms with Crippen LogP contribution in [0.3, 0.4) is 0 Å².